The van der Waals surface area contributed by atoms with Gasteiger partial charge in [-0.15, -0.1) is 12.4 Å². The Balaban J connectivity index is 0.00000225. The Labute approximate surface area is 155 Å². The molecule has 0 spiro atoms. The molecule has 6 nitrogen and oxygen atoms in total. The van der Waals surface area contributed by atoms with Gasteiger partial charge in [0.25, 0.3) is 0 Å². The summed E-state index contributed by atoms with van der Waals surface area (Å²) in [5.74, 6) is -0.527. The molecular weight excluding hydrogens is 363 g/mol. The number of hydrogen-bond acceptors (Lipinski definition) is 5. The van der Waals surface area contributed by atoms with Crippen molar-refractivity contribution in [3.8, 4) is 0 Å². The molecular formula is C17H14Cl2N4O2. The predicted molar refractivity (Wildman–Crippen MR) is 97.1 cm³/mol. The van der Waals surface area contributed by atoms with Crippen LogP contribution in [-0.4, -0.2) is 26.4 Å². The molecule has 25 heavy (non-hydrogen) atoms. The Bertz CT molecular complexity index is 835. The topological polar surface area (TPSA) is 69.4 Å². The molecule has 0 fully saturated rings. The first-order valence-corrected chi connectivity index (χ1v) is 7.52. The average Bonchev–Trinajstić information content (AvgIpc) is 3.13. The molecule has 2 aromatic carbocycles. The van der Waals surface area contributed by atoms with Crippen LogP contribution in [0.1, 0.15) is 15.9 Å². The zero-order chi connectivity index (χ0) is 16.8. The summed E-state index contributed by atoms with van der Waals surface area (Å²) in [6.07, 6.45) is 2.99. The van der Waals surface area contributed by atoms with E-state index in [1.165, 1.54) is 6.33 Å². The summed E-state index contributed by atoms with van der Waals surface area (Å²) in [7, 11) is 0. The quantitative estimate of drug-likeness (QED) is 0.387. The van der Waals surface area contributed by atoms with Crippen LogP contribution in [0.15, 0.2) is 72.4 Å². The van der Waals surface area contributed by atoms with Gasteiger partial charge in [0.15, 0.2) is 0 Å². The lowest BCUT2D eigenvalue weighted by Gasteiger charge is -2.07. The molecule has 3 rings (SSSR count). The molecule has 0 saturated heterocycles. The van der Waals surface area contributed by atoms with Crippen LogP contribution in [0.25, 0.3) is 0 Å². The summed E-state index contributed by atoms with van der Waals surface area (Å²) in [5, 5.41) is 8.66. The first kappa shape index (κ1) is 18.6. The molecule has 0 aliphatic carbocycles. The number of carbonyl (C=O) groups is 1. The van der Waals surface area contributed by atoms with Gasteiger partial charge in [0.05, 0.1) is 12.1 Å². The zero-order valence-electron chi connectivity index (χ0n) is 12.9. The Morgan fingerprint density at radius 3 is 2.44 bits per heavy atom. The third kappa shape index (κ3) is 5.14. The molecule has 128 valence electrons. The van der Waals surface area contributed by atoms with E-state index in [-0.39, 0.29) is 12.4 Å². The highest BCUT2D eigenvalue weighted by atomic mass is 35.5. The van der Waals surface area contributed by atoms with Gasteiger partial charge in [-0.2, -0.15) is 5.10 Å². The minimum atomic E-state index is -0.527. The lowest BCUT2D eigenvalue weighted by atomic mass is 10.1. The summed E-state index contributed by atoms with van der Waals surface area (Å²) in [6, 6.07) is 15.8. The van der Waals surface area contributed by atoms with Crippen LogP contribution in [0.5, 0.6) is 0 Å². The standard InChI is InChI=1S/C17H13ClN4O2.ClH/c18-15-8-6-13(7-9-15)16(10-22-12-19-11-20-22)21-24-17(23)14-4-2-1-3-5-14;/h1-9,11-12H,10H2;1H. The number of rotatable bonds is 5. The molecule has 0 radical (unpaired) electrons. The average molecular weight is 377 g/mol. The maximum Gasteiger partial charge on any atom is 0.365 e. The first-order valence-electron chi connectivity index (χ1n) is 7.14. The van der Waals surface area contributed by atoms with Gasteiger partial charge >= 0.3 is 5.97 Å². The molecule has 0 aliphatic heterocycles. The SMILES string of the molecule is Cl.O=C(ON=C(Cn1cncn1)c1ccc(Cl)cc1)c1ccccc1. The van der Waals surface area contributed by atoms with Crippen molar-refractivity contribution in [3.63, 3.8) is 0 Å². The Hall–Kier alpha value is -2.70. The number of halogens is 2. The van der Waals surface area contributed by atoms with E-state index >= 15 is 0 Å². The fraction of sp³-hybridized carbons (Fsp3) is 0.0588. The van der Waals surface area contributed by atoms with Crippen molar-refractivity contribution >= 4 is 35.7 Å². The molecule has 0 N–H and O–H groups in total. The van der Waals surface area contributed by atoms with E-state index in [0.29, 0.717) is 22.8 Å². The summed E-state index contributed by atoms with van der Waals surface area (Å²) in [6.45, 7) is 0.309. The highest BCUT2D eigenvalue weighted by Gasteiger charge is 2.10. The second kappa shape index (κ2) is 8.96. The van der Waals surface area contributed by atoms with E-state index in [1.807, 2.05) is 6.07 Å². The number of aromatic nitrogens is 3. The second-order valence-electron chi connectivity index (χ2n) is 4.88. The van der Waals surface area contributed by atoms with E-state index in [2.05, 4.69) is 15.2 Å². The Morgan fingerprint density at radius 1 is 1.08 bits per heavy atom. The summed E-state index contributed by atoms with van der Waals surface area (Å²) in [5.41, 5.74) is 1.73. The fourth-order valence-electron chi connectivity index (χ4n) is 2.01. The van der Waals surface area contributed by atoms with Gasteiger partial charge in [0.1, 0.15) is 18.4 Å². The van der Waals surface area contributed by atoms with Crippen molar-refractivity contribution < 1.29 is 9.63 Å². The van der Waals surface area contributed by atoms with Crippen molar-refractivity contribution in [1.82, 2.24) is 14.8 Å². The summed E-state index contributed by atoms with van der Waals surface area (Å²) in [4.78, 5) is 21.0. The molecule has 0 unspecified atom stereocenters. The molecule has 3 aromatic rings. The molecule has 0 saturated carbocycles. The molecule has 0 bridgehead atoms. The van der Waals surface area contributed by atoms with E-state index in [1.54, 1.807) is 59.5 Å². The van der Waals surface area contributed by atoms with Crippen LogP contribution in [-0.2, 0) is 11.4 Å². The smallest absolute Gasteiger partial charge is 0.312 e. The fourth-order valence-corrected chi connectivity index (χ4v) is 2.13. The van der Waals surface area contributed by atoms with Crippen LogP contribution in [0.2, 0.25) is 5.02 Å². The summed E-state index contributed by atoms with van der Waals surface area (Å²) >= 11 is 5.91. The highest BCUT2D eigenvalue weighted by molar-refractivity contribution is 6.30. The molecule has 8 heteroatoms. The van der Waals surface area contributed by atoms with Crippen molar-refractivity contribution in [3.05, 3.63) is 83.4 Å². The Morgan fingerprint density at radius 2 is 1.80 bits per heavy atom. The molecule has 0 aliphatic rings. The van der Waals surface area contributed by atoms with Crippen LogP contribution in [0.4, 0.5) is 0 Å². The Kier molecular flexibility index (Phi) is 6.68. The normalized spacial score (nSPS) is 10.8. The largest absolute Gasteiger partial charge is 0.365 e. The lowest BCUT2D eigenvalue weighted by Crippen LogP contribution is -2.14. The van der Waals surface area contributed by atoms with Crippen molar-refractivity contribution in [2.75, 3.05) is 0 Å². The molecule has 1 heterocycles. The van der Waals surface area contributed by atoms with E-state index in [4.69, 9.17) is 16.4 Å². The maximum absolute atomic E-state index is 12.1. The van der Waals surface area contributed by atoms with Gasteiger partial charge in [0.2, 0.25) is 0 Å². The molecule has 1 aromatic heterocycles. The second-order valence-corrected chi connectivity index (χ2v) is 5.32. The van der Waals surface area contributed by atoms with Crippen LogP contribution in [0, 0.1) is 0 Å². The third-order valence-electron chi connectivity index (χ3n) is 3.20. The predicted octanol–water partition coefficient (Wildman–Crippen LogP) is 3.61. The van der Waals surface area contributed by atoms with Crippen molar-refractivity contribution in [2.45, 2.75) is 6.54 Å². The molecule has 0 atom stereocenters. The van der Waals surface area contributed by atoms with Gasteiger partial charge in [-0.05, 0) is 24.3 Å². The van der Waals surface area contributed by atoms with Crippen LogP contribution >= 0.6 is 24.0 Å². The van der Waals surface area contributed by atoms with Gasteiger partial charge in [-0.25, -0.2) is 14.5 Å². The van der Waals surface area contributed by atoms with Crippen LogP contribution < -0.4 is 0 Å². The van der Waals surface area contributed by atoms with Gasteiger partial charge < -0.3 is 4.84 Å². The number of hydrogen-bond donors (Lipinski definition) is 0. The van der Waals surface area contributed by atoms with Gasteiger partial charge in [-0.3, -0.25) is 0 Å². The third-order valence-corrected chi connectivity index (χ3v) is 3.46. The first-order chi connectivity index (χ1) is 11.7. The number of carbonyl (C=O) groups excluding carboxylic acids is 1. The molecule has 0 amide bonds. The van der Waals surface area contributed by atoms with E-state index in [0.717, 1.165) is 5.56 Å². The minimum absolute atomic E-state index is 0. The van der Waals surface area contributed by atoms with Gasteiger partial charge in [-0.1, -0.05) is 47.1 Å². The highest BCUT2D eigenvalue weighted by Crippen LogP contribution is 2.12. The van der Waals surface area contributed by atoms with Crippen molar-refractivity contribution in [2.24, 2.45) is 5.16 Å². The number of nitrogens with zero attached hydrogens (tertiary/aromatic N) is 4. The van der Waals surface area contributed by atoms with Crippen LogP contribution in [0.3, 0.4) is 0 Å². The number of benzene rings is 2. The van der Waals surface area contributed by atoms with Crippen molar-refractivity contribution in [1.29, 1.82) is 0 Å². The van der Waals surface area contributed by atoms with Gasteiger partial charge in [0, 0.05) is 10.6 Å². The summed E-state index contributed by atoms with van der Waals surface area (Å²) < 4.78 is 1.59. The lowest BCUT2D eigenvalue weighted by molar-refractivity contribution is 0.0515. The zero-order valence-corrected chi connectivity index (χ0v) is 14.5. The number of oxime groups is 1. The van der Waals surface area contributed by atoms with E-state index < -0.39 is 5.97 Å². The monoisotopic (exact) mass is 376 g/mol. The maximum atomic E-state index is 12.1. The van der Waals surface area contributed by atoms with E-state index in [9.17, 15) is 4.79 Å². The minimum Gasteiger partial charge on any atom is -0.312 e.